The van der Waals surface area contributed by atoms with Gasteiger partial charge in [0.15, 0.2) is 5.78 Å². The smallest absolute Gasteiger partial charge is 0.180 e. The molecule has 0 unspecified atom stereocenters. The van der Waals surface area contributed by atoms with Crippen LogP contribution in [0.4, 0.5) is 0 Å². The Morgan fingerprint density at radius 2 is 2.04 bits per heavy atom. The number of carbonyl (C=O) groups excluding carboxylic acids is 1. The minimum absolute atomic E-state index is 0.147. The van der Waals surface area contributed by atoms with Crippen LogP contribution in [0.5, 0.6) is 0 Å². The van der Waals surface area contributed by atoms with Gasteiger partial charge in [0.05, 0.1) is 0 Å². The van der Waals surface area contributed by atoms with Crippen LogP contribution in [0.15, 0.2) is 16.8 Å². The van der Waals surface area contributed by atoms with Crippen LogP contribution in [0.25, 0.3) is 0 Å². The van der Waals surface area contributed by atoms with Crippen molar-refractivity contribution in [3.8, 4) is 0 Å². The number of nitrogens with zero attached hydrogens (tertiary/aromatic N) is 1. The summed E-state index contributed by atoms with van der Waals surface area (Å²) in [6.45, 7) is 4.96. The van der Waals surface area contributed by atoms with Gasteiger partial charge in [-0.1, -0.05) is 30.7 Å². The van der Waals surface area contributed by atoms with Crippen molar-refractivity contribution in [2.45, 2.75) is 71.6 Å². The fourth-order valence-electron chi connectivity index (χ4n) is 7.42. The van der Waals surface area contributed by atoms with Crippen LogP contribution in [0.1, 0.15) is 71.6 Å². The zero-order valence-corrected chi connectivity index (χ0v) is 16.1. The lowest BCUT2D eigenvalue weighted by molar-refractivity contribution is -0.123. The van der Waals surface area contributed by atoms with Gasteiger partial charge in [0.1, 0.15) is 13.3 Å². The van der Waals surface area contributed by atoms with Crippen LogP contribution >= 0.6 is 0 Å². The number of allylic oxidation sites excluding steroid dienone is 2. The minimum atomic E-state index is 0.147. The molecule has 4 aliphatic carbocycles. The topological polar surface area (TPSA) is 38.7 Å². The van der Waals surface area contributed by atoms with Gasteiger partial charge in [0, 0.05) is 5.92 Å². The van der Waals surface area contributed by atoms with Crippen LogP contribution in [0, 0.1) is 34.5 Å². The zero-order chi connectivity index (χ0) is 17.7. The molecule has 0 N–H and O–H groups in total. The molecule has 3 nitrogen and oxygen atoms in total. The second kappa shape index (κ2) is 6.25. The summed E-state index contributed by atoms with van der Waals surface area (Å²) in [5.41, 5.74) is 2.38. The summed E-state index contributed by atoms with van der Waals surface area (Å²) in [5, 5.41) is 3.75. The number of rotatable bonds is 3. The molecule has 0 heterocycles. The van der Waals surface area contributed by atoms with Gasteiger partial charge in [-0.3, -0.25) is 4.79 Å². The van der Waals surface area contributed by atoms with Crippen LogP contribution in [-0.4, -0.2) is 19.1 Å². The van der Waals surface area contributed by atoms with Crippen molar-refractivity contribution in [3.05, 3.63) is 11.6 Å². The SMILES string of the molecule is CON=CC(=O)[C@H]1CC[C@H]2[C@@H]3CCC4=CCCC[C@]4(C)[C@H]3CC[C@]12C. The molecule has 6 atom stereocenters. The quantitative estimate of drug-likeness (QED) is 0.403. The molecule has 0 aromatic carbocycles. The fraction of sp³-hybridized carbons (Fsp3) is 0.818. The lowest BCUT2D eigenvalue weighted by atomic mass is 9.47. The highest BCUT2D eigenvalue weighted by Crippen LogP contribution is 2.66. The molecule has 138 valence electrons. The molecular weight excluding hydrogens is 310 g/mol. The second-order valence-electron chi connectivity index (χ2n) is 9.45. The van der Waals surface area contributed by atoms with Crippen LogP contribution in [-0.2, 0) is 9.63 Å². The van der Waals surface area contributed by atoms with Gasteiger partial charge in [0.25, 0.3) is 0 Å². The molecule has 4 rings (SSSR count). The standard InChI is InChI=1S/C22H33NO2/c1-21-12-5-4-6-15(21)7-8-16-17-9-10-19(20(24)14-23-25-3)22(17,2)13-11-18(16)21/h6,14,16-19H,4-5,7-13H2,1-3H3/t16-,17-,18-,19+,21-,22-/m0/s1. The van der Waals surface area contributed by atoms with Crippen molar-refractivity contribution >= 4 is 12.0 Å². The maximum atomic E-state index is 12.7. The third-order valence-corrected chi connectivity index (χ3v) is 8.66. The summed E-state index contributed by atoms with van der Waals surface area (Å²) in [7, 11) is 1.51. The molecule has 3 saturated carbocycles. The van der Waals surface area contributed by atoms with E-state index in [9.17, 15) is 4.79 Å². The van der Waals surface area contributed by atoms with E-state index in [2.05, 4.69) is 25.1 Å². The lowest BCUT2D eigenvalue weighted by Gasteiger charge is -2.58. The molecule has 3 heteroatoms. The fourth-order valence-corrected chi connectivity index (χ4v) is 7.42. The Balaban J connectivity index is 1.60. The number of fused-ring (bicyclic) bond motifs is 5. The van der Waals surface area contributed by atoms with Crippen LogP contribution in [0.3, 0.4) is 0 Å². The highest BCUT2D eigenvalue weighted by atomic mass is 16.6. The molecule has 0 amide bonds. The monoisotopic (exact) mass is 343 g/mol. The third kappa shape index (κ3) is 2.52. The number of hydrogen-bond donors (Lipinski definition) is 0. The molecule has 0 spiro atoms. The van der Waals surface area contributed by atoms with E-state index < -0.39 is 0 Å². The predicted molar refractivity (Wildman–Crippen MR) is 100 cm³/mol. The van der Waals surface area contributed by atoms with E-state index >= 15 is 0 Å². The first-order chi connectivity index (χ1) is 12.0. The van der Waals surface area contributed by atoms with Crippen LogP contribution < -0.4 is 0 Å². The minimum Gasteiger partial charge on any atom is -0.399 e. The maximum absolute atomic E-state index is 12.7. The van der Waals surface area contributed by atoms with Crippen molar-refractivity contribution in [2.75, 3.05) is 7.11 Å². The number of ketones is 1. The molecule has 0 aromatic rings. The van der Waals surface area contributed by atoms with E-state index in [-0.39, 0.29) is 17.1 Å². The van der Waals surface area contributed by atoms with E-state index in [4.69, 9.17) is 4.84 Å². The Bertz CT molecular complexity index is 609. The van der Waals surface area contributed by atoms with Crippen molar-refractivity contribution in [3.63, 3.8) is 0 Å². The Morgan fingerprint density at radius 3 is 2.84 bits per heavy atom. The molecule has 4 aliphatic rings. The summed E-state index contributed by atoms with van der Waals surface area (Å²) in [6, 6.07) is 0. The molecule has 25 heavy (non-hydrogen) atoms. The molecule has 3 fully saturated rings. The van der Waals surface area contributed by atoms with E-state index in [0.717, 1.165) is 24.2 Å². The predicted octanol–water partition coefficient (Wildman–Crippen LogP) is 5.16. The first-order valence-corrected chi connectivity index (χ1v) is 10.3. The highest BCUT2D eigenvalue weighted by molar-refractivity contribution is 6.28. The lowest BCUT2D eigenvalue weighted by Crippen LogP contribution is -2.50. The summed E-state index contributed by atoms with van der Waals surface area (Å²) in [4.78, 5) is 17.4. The van der Waals surface area contributed by atoms with Gasteiger partial charge >= 0.3 is 0 Å². The van der Waals surface area contributed by atoms with E-state index in [0.29, 0.717) is 5.41 Å². The number of oxime groups is 1. The van der Waals surface area contributed by atoms with Gasteiger partial charge < -0.3 is 4.84 Å². The Kier molecular flexibility index (Phi) is 4.32. The number of Topliss-reactive ketones (excluding diaryl/α,β-unsaturated/α-hetero) is 1. The molecule has 0 aliphatic heterocycles. The van der Waals surface area contributed by atoms with Crippen LogP contribution in [0.2, 0.25) is 0 Å². The molecule has 0 bridgehead atoms. The first kappa shape index (κ1) is 17.3. The van der Waals surface area contributed by atoms with E-state index in [1.165, 1.54) is 64.7 Å². The average Bonchev–Trinajstić information content (AvgIpc) is 2.96. The van der Waals surface area contributed by atoms with Crippen molar-refractivity contribution in [2.24, 2.45) is 39.7 Å². The second-order valence-corrected chi connectivity index (χ2v) is 9.45. The van der Waals surface area contributed by atoms with Gasteiger partial charge in [-0.15, -0.1) is 0 Å². The van der Waals surface area contributed by atoms with Gasteiger partial charge in [-0.25, -0.2) is 0 Å². The van der Waals surface area contributed by atoms with Gasteiger partial charge in [0.2, 0.25) is 0 Å². The summed E-state index contributed by atoms with van der Waals surface area (Å²) in [5.74, 6) is 2.71. The average molecular weight is 344 g/mol. The normalized spacial score (nSPS) is 46.1. The summed E-state index contributed by atoms with van der Waals surface area (Å²) in [6.07, 6.45) is 15.4. The summed E-state index contributed by atoms with van der Waals surface area (Å²) < 4.78 is 0. The molecule has 0 saturated heterocycles. The Morgan fingerprint density at radius 1 is 1.20 bits per heavy atom. The Labute approximate surface area is 152 Å². The third-order valence-electron chi connectivity index (χ3n) is 8.66. The van der Waals surface area contributed by atoms with Gasteiger partial charge in [-0.2, -0.15) is 0 Å². The molecular formula is C22H33NO2. The first-order valence-electron chi connectivity index (χ1n) is 10.3. The zero-order valence-electron chi connectivity index (χ0n) is 16.1. The van der Waals surface area contributed by atoms with Gasteiger partial charge in [-0.05, 0) is 86.4 Å². The Hall–Kier alpha value is -1.12. The molecule has 0 aromatic heterocycles. The van der Waals surface area contributed by atoms with Crippen molar-refractivity contribution in [1.29, 1.82) is 0 Å². The largest absolute Gasteiger partial charge is 0.399 e. The molecule has 0 radical (unpaired) electrons. The maximum Gasteiger partial charge on any atom is 0.180 e. The highest BCUT2D eigenvalue weighted by Gasteiger charge is 2.59. The number of hydrogen-bond acceptors (Lipinski definition) is 3. The van der Waals surface area contributed by atoms with Crippen molar-refractivity contribution < 1.29 is 9.63 Å². The van der Waals surface area contributed by atoms with Crippen molar-refractivity contribution in [1.82, 2.24) is 0 Å². The van der Waals surface area contributed by atoms with E-state index in [1.54, 1.807) is 5.57 Å². The number of carbonyl (C=O) groups is 1. The van der Waals surface area contributed by atoms with E-state index in [1.807, 2.05) is 0 Å². The summed E-state index contributed by atoms with van der Waals surface area (Å²) >= 11 is 0.